The van der Waals surface area contributed by atoms with Crippen LogP contribution in [0.5, 0.6) is 5.75 Å². The largest absolute Gasteiger partial charge is 0.496 e. The van der Waals surface area contributed by atoms with Crippen LogP contribution in [0.3, 0.4) is 0 Å². The number of carbonyl (C=O) groups excluding carboxylic acids is 2. The molecule has 0 heterocycles. The molecule has 5 nitrogen and oxygen atoms in total. The van der Waals surface area contributed by atoms with Gasteiger partial charge in [-0.25, -0.2) is 4.79 Å². The van der Waals surface area contributed by atoms with Crippen LogP contribution in [-0.2, 0) is 9.53 Å². The molecular weight excluding hydrogens is 398 g/mol. The van der Waals surface area contributed by atoms with Crippen LogP contribution < -0.4 is 10.1 Å². The molecule has 0 saturated carbocycles. The number of methoxy groups -OCH3 is 1. The summed E-state index contributed by atoms with van der Waals surface area (Å²) in [6, 6.07) is 12.2. The molecule has 136 valence electrons. The molecule has 0 atom stereocenters. The number of esters is 1. The Morgan fingerprint density at radius 1 is 1.19 bits per heavy atom. The summed E-state index contributed by atoms with van der Waals surface area (Å²) in [5.74, 6) is -0.0543. The number of halogens is 1. The number of anilines is 1. The molecule has 2 rings (SSSR count). The maximum absolute atomic E-state index is 12.2. The summed E-state index contributed by atoms with van der Waals surface area (Å²) in [6.07, 6.45) is 3.83. The lowest BCUT2D eigenvalue weighted by Gasteiger charge is -2.07. The van der Waals surface area contributed by atoms with Gasteiger partial charge < -0.3 is 14.8 Å². The van der Waals surface area contributed by atoms with Gasteiger partial charge in [-0.2, -0.15) is 0 Å². The molecule has 1 amide bonds. The van der Waals surface area contributed by atoms with Crippen LogP contribution in [0, 0.1) is 0 Å². The Morgan fingerprint density at radius 2 is 2.00 bits per heavy atom. The van der Waals surface area contributed by atoms with E-state index in [1.165, 1.54) is 6.08 Å². The third-order valence-electron chi connectivity index (χ3n) is 3.41. The first-order valence-corrected chi connectivity index (χ1v) is 8.92. The standard InChI is InChI=1S/C20H20BrNO4/c1-3-11-26-20(24)15-5-4-6-17(13-15)22-19(23)10-7-14-12-16(21)8-9-18(14)25-2/h4-10,12-13H,3,11H2,1-2H3,(H,22,23)/b10-7+. The van der Waals surface area contributed by atoms with Crippen molar-refractivity contribution in [2.45, 2.75) is 13.3 Å². The zero-order chi connectivity index (χ0) is 18.9. The van der Waals surface area contributed by atoms with Crippen molar-refractivity contribution in [2.75, 3.05) is 19.0 Å². The van der Waals surface area contributed by atoms with Crippen LogP contribution in [0.4, 0.5) is 5.69 Å². The summed E-state index contributed by atoms with van der Waals surface area (Å²) in [4.78, 5) is 24.0. The van der Waals surface area contributed by atoms with Crippen molar-refractivity contribution in [1.82, 2.24) is 0 Å². The number of benzene rings is 2. The van der Waals surface area contributed by atoms with E-state index in [0.717, 1.165) is 16.5 Å². The van der Waals surface area contributed by atoms with Crippen molar-refractivity contribution < 1.29 is 19.1 Å². The van der Waals surface area contributed by atoms with Crippen LogP contribution in [0.15, 0.2) is 53.0 Å². The van der Waals surface area contributed by atoms with Crippen molar-refractivity contribution in [3.63, 3.8) is 0 Å². The van der Waals surface area contributed by atoms with Gasteiger partial charge >= 0.3 is 5.97 Å². The molecule has 0 radical (unpaired) electrons. The first kappa shape index (κ1) is 19.7. The van der Waals surface area contributed by atoms with Gasteiger partial charge in [0.2, 0.25) is 5.91 Å². The molecule has 2 aromatic carbocycles. The van der Waals surface area contributed by atoms with Crippen molar-refractivity contribution >= 4 is 39.6 Å². The highest BCUT2D eigenvalue weighted by Gasteiger charge is 2.08. The average Bonchev–Trinajstić information content (AvgIpc) is 2.64. The summed E-state index contributed by atoms with van der Waals surface area (Å²) < 4.78 is 11.3. The quantitative estimate of drug-likeness (QED) is 0.524. The monoisotopic (exact) mass is 417 g/mol. The fraction of sp³-hybridized carbons (Fsp3) is 0.200. The minimum Gasteiger partial charge on any atom is -0.496 e. The Labute approximate surface area is 161 Å². The molecule has 0 saturated heterocycles. The van der Waals surface area contributed by atoms with Crippen molar-refractivity contribution in [2.24, 2.45) is 0 Å². The Hall–Kier alpha value is -2.60. The van der Waals surface area contributed by atoms with Crippen molar-refractivity contribution in [3.8, 4) is 5.75 Å². The number of hydrogen-bond donors (Lipinski definition) is 1. The number of nitrogens with one attached hydrogen (secondary N) is 1. The number of amides is 1. The Bertz CT molecular complexity index is 817. The van der Waals surface area contributed by atoms with Crippen LogP contribution >= 0.6 is 15.9 Å². The maximum Gasteiger partial charge on any atom is 0.338 e. The number of ether oxygens (including phenoxy) is 2. The lowest BCUT2D eigenvalue weighted by atomic mass is 10.2. The fourth-order valence-corrected chi connectivity index (χ4v) is 2.57. The lowest BCUT2D eigenvalue weighted by Crippen LogP contribution is -2.10. The minimum absolute atomic E-state index is 0.314. The third-order valence-corrected chi connectivity index (χ3v) is 3.90. The van der Waals surface area contributed by atoms with E-state index in [2.05, 4.69) is 21.2 Å². The summed E-state index contributed by atoms with van der Waals surface area (Å²) in [5.41, 5.74) is 1.69. The molecule has 0 bridgehead atoms. The molecule has 6 heteroatoms. The normalized spacial score (nSPS) is 10.6. The van der Waals surface area contributed by atoms with Gasteiger partial charge in [0.15, 0.2) is 0 Å². The SMILES string of the molecule is CCCOC(=O)c1cccc(NC(=O)/C=C/c2cc(Br)ccc2OC)c1. The van der Waals surface area contributed by atoms with Crippen LogP contribution in [0.2, 0.25) is 0 Å². The Morgan fingerprint density at radius 3 is 2.73 bits per heavy atom. The predicted molar refractivity (Wildman–Crippen MR) is 105 cm³/mol. The highest BCUT2D eigenvalue weighted by molar-refractivity contribution is 9.10. The molecule has 0 fully saturated rings. The second kappa shape index (κ2) is 9.77. The first-order chi connectivity index (χ1) is 12.5. The van der Waals surface area contributed by atoms with E-state index in [9.17, 15) is 9.59 Å². The molecule has 0 aliphatic carbocycles. The molecule has 0 unspecified atom stereocenters. The molecule has 0 aromatic heterocycles. The number of rotatable bonds is 7. The van der Waals surface area contributed by atoms with E-state index in [-0.39, 0.29) is 5.91 Å². The topological polar surface area (TPSA) is 64.6 Å². The van der Waals surface area contributed by atoms with Gasteiger partial charge in [0.1, 0.15) is 5.75 Å². The molecule has 0 aliphatic rings. The van der Waals surface area contributed by atoms with E-state index >= 15 is 0 Å². The summed E-state index contributed by atoms with van der Waals surface area (Å²) in [5, 5.41) is 2.73. The van der Waals surface area contributed by atoms with E-state index in [0.29, 0.717) is 23.6 Å². The molecule has 0 aliphatic heterocycles. The summed E-state index contributed by atoms with van der Waals surface area (Å²) >= 11 is 3.39. The van der Waals surface area contributed by atoms with Gasteiger partial charge in [0.05, 0.1) is 19.3 Å². The van der Waals surface area contributed by atoms with Crippen LogP contribution in [0.1, 0.15) is 29.3 Å². The van der Waals surface area contributed by atoms with Crippen molar-refractivity contribution in [3.05, 3.63) is 64.1 Å². The first-order valence-electron chi connectivity index (χ1n) is 8.13. The van der Waals surface area contributed by atoms with E-state index < -0.39 is 5.97 Å². The zero-order valence-electron chi connectivity index (χ0n) is 14.6. The summed E-state index contributed by atoms with van der Waals surface area (Å²) in [6.45, 7) is 2.29. The van der Waals surface area contributed by atoms with Crippen LogP contribution in [-0.4, -0.2) is 25.6 Å². The lowest BCUT2D eigenvalue weighted by molar-refractivity contribution is -0.111. The van der Waals surface area contributed by atoms with Crippen molar-refractivity contribution in [1.29, 1.82) is 0 Å². The number of hydrogen-bond acceptors (Lipinski definition) is 4. The predicted octanol–water partition coefficient (Wildman–Crippen LogP) is 4.68. The van der Waals surface area contributed by atoms with E-state index in [1.807, 2.05) is 25.1 Å². The van der Waals surface area contributed by atoms with Gasteiger partial charge in [0.25, 0.3) is 0 Å². The average molecular weight is 418 g/mol. The van der Waals surface area contributed by atoms with Gasteiger partial charge in [-0.15, -0.1) is 0 Å². The Balaban J connectivity index is 2.06. The molecule has 1 N–H and O–H groups in total. The zero-order valence-corrected chi connectivity index (χ0v) is 16.2. The third kappa shape index (κ3) is 5.74. The smallest absolute Gasteiger partial charge is 0.338 e. The second-order valence-electron chi connectivity index (χ2n) is 5.43. The number of carbonyl (C=O) groups is 2. The molecule has 2 aromatic rings. The van der Waals surface area contributed by atoms with Gasteiger partial charge in [0, 0.05) is 21.8 Å². The second-order valence-corrected chi connectivity index (χ2v) is 6.34. The Kier molecular flexibility index (Phi) is 7.41. The highest BCUT2D eigenvalue weighted by atomic mass is 79.9. The molecule has 0 spiro atoms. The summed E-state index contributed by atoms with van der Waals surface area (Å²) in [7, 11) is 1.57. The maximum atomic E-state index is 12.2. The van der Waals surface area contributed by atoms with Crippen LogP contribution in [0.25, 0.3) is 6.08 Å². The van der Waals surface area contributed by atoms with Gasteiger partial charge in [-0.1, -0.05) is 28.9 Å². The van der Waals surface area contributed by atoms with Gasteiger partial charge in [-0.05, 0) is 48.9 Å². The van der Waals surface area contributed by atoms with E-state index in [1.54, 1.807) is 37.5 Å². The minimum atomic E-state index is -0.405. The molecule has 26 heavy (non-hydrogen) atoms. The molecular formula is C20H20BrNO4. The van der Waals surface area contributed by atoms with E-state index in [4.69, 9.17) is 9.47 Å². The fourth-order valence-electron chi connectivity index (χ4n) is 2.19. The van der Waals surface area contributed by atoms with Gasteiger partial charge in [-0.3, -0.25) is 4.79 Å². The highest BCUT2D eigenvalue weighted by Crippen LogP contribution is 2.24.